The van der Waals surface area contributed by atoms with Gasteiger partial charge in [0.1, 0.15) is 0 Å². The van der Waals surface area contributed by atoms with Gasteiger partial charge >= 0.3 is 0 Å². The molecule has 0 saturated heterocycles. The summed E-state index contributed by atoms with van der Waals surface area (Å²) >= 11 is 3.42. The highest BCUT2D eigenvalue weighted by atomic mass is 79.9. The number of rotatable bonds is 4. The molecule has 2 atom stereocenters. The highest BCUT2D eigenvalue weighted by Crippen LogP contribution is 2.42. The molecule has 0 unspecified atom stereocenters. The van der Waals surface area contributed by atoms with Gasteiger partial charge in [0.05, 0.1) is 34.1 Å². The van der Waals surface area contributed by atoms with Crippen LogP contribution in [0.4, 0.5) is 0 Å². The molecular weight excluding hydrogens is 374 g/mol. The number of nitrogens with one attached hydrogen (secondary N) is 2. The van der Waals surface area contributed by atoms with Crippen molar-refractivity contribution in [1.82, 2.24) is 25.3 Å². The number of carbonyl (C=O) groups is 1. The minimum atomic E-state index is -0.133. The summed E-state index contributed by atoms with van der Waals surface area (Å²) in [5, 5.41) is 14.6. The number of hydrogen-bond acceptors (Lipinski definition) is 4. The van der Waals surface area contributed by atoms with Crippen molar-refractivity contribution >= 4 is 21.8 Å². The molecule has 0 aromatic carbocycles. The molecule has 4 rings (SSSR count). The second-order valence-corrected chi connectivity index (χ2v) is 7.68. The molecule has 2 aromatic rings. The van der Waals surface area contributed by atoms with Gasteiger partial charge in [-0.3, -0.25) is 14.6 Å². The van der Waals surface area contributed by atoms with E-state index in [0.717, 1.165) is 28.6 Å². The topological polar surface area (TPSA) is 84.8 Å². The van der Waals surface area contributed by atoms with E-state index >= 15 is 0 Å². The fourth-order valence-electron chi connectivity index (χ4n) is 3.38. The molecule has 0 radical (unpaired) electrons. The van der Waals surface area contributed by atoms with Crippen molar-refractivity contribution in [3.63, 3.8) is 0 Å². The molecule has 7 nitrogen and oxygen atoms in total. The number of amides is 1. The lowest BCUT2D eigenvalue weighted by atomic mass is 9.99. The Morgan fingerprint density at radius 1 is 1.54 bits per heavy atom. The fourth-order valence-corrected chi connectivity index (χ4v) is 3.67. The summed E-state index contributed by atoms with van der Waals surface area (Å²) in [4.78, 5) is 12.6. The maximum atomic E-state index is 12.6. The van der Waals surface area contributed by atoms with Crippen LogP contribution in [0.15, 0.2) is 16.9 Å². The van der Waals surface area contributed by atoms with E-state index in [1.54, 1.807) is 6.20 Å². The van der Waals surface area contributed by atoms with Gasteiger partial charge < -0.3 is 10.1 Å². The fraction of sp³-hybridized carbons (Fsp3) is 0.562. The number of aromatic amines is 1. The number of aromatic nitrogens is 4. The summed E-state index contributed by atoms with van der Waals surface area (Å²) < 4.78 is 8.66. The highest BCUT2D eigenvalue weighted by Gasteiger charge is 2.46. The summed E-state index contributed by atoms with van der Waals surface area (Å²) in [6, 6.07) is 0. The minimum Gasteiger partial charge on any atom is -0.369 e. The third kappa shape index (κ3) is 2.67. The van der Waals surface area contributed by atoms with Gasteiger partial charge in [-0.25, -0.2) is 0 Å². The Bertz CT molecular complexity index is 779. The Morgan fingerprint density at radius 2 is 2.33 bits per heavy atom. The van der Waals surface area contributed by atoms with E-state index in [0.29, 0.717) is 18.7 Å². The van der Waals surface area contributed by atoms with Crippen LogP contribution in [0.3, 0.4) is 0 Å². The molecule has 1 fully saturated rings. The van der Waals surface area contributed by atoms with Crippen LogP contribution in [0.1, 0.15) is 54.5 Å². The van der Waals surface area contributed by atoms with Crippen molar-refractivity contribution in [3.05, 3.63) is 33.8 Å². The van der Waals surface area contributed by atoms with E-state index in [1.165, 1.54) is 0 Å². The maximum Gasteiger partial charge on any atom is 0.272 e. The van der Waals surface area contributed by atoms with Crippen molar-refractivity contribution in [2.75, 3.05) is 6.54 Å². The van der Waals surface area contributed by atoms with Crippen LogP contribution in [0.5, 0.6) is 0 Å². The molecule has 1 saturated carbocycles. The van der Waals surface area contributed by atoms with E-state index in [2.05, 4.69) is 36.5 Å². The van der Waals surface area contributed by atoms with Crippen LogP contribution in [-0.2, 0) is 16.7 Å². The predicted molar refractivity (Wildman–Crippen MR) is 90.7 cm³/mol. The number of fused-ring (bicyclic) bond motifs is 1. The zero-order chi connectivity index (χ0) is 16.9. The summed E-state index contributed by atoms with van der Waals surface area (Å²) in [6.45, 7) is 4.55. The molecule has 0 bridgehead atoms. The lowest BCUT2D eigenvalue weighted by Gasteiger charge is -2.25. The van der Waals surface area contributed by atoms with Gasteiger partial charge in [0.25, 0.3) is 5.91 Å². The minimum absolute atomic E-state index is 0.0611. The molecule has 1 aliphatic heterocycles. The molecule has 8 heteroatoms. The average Bonchev–Trinajstić information content (AvgIpc) is 2.99. The van der Waals surface area contributed by atoms with Crippen molar-refractivity contribution in [2.24, 2.45) is 0 Å². The van der Waals surface area contributed by atoms with Gasteiger partial charge in [0, 0.05) is 24.7 Å². The summed E-state index contributed by atoms with van der Waals surface area (Å²) in [5.41, 5.74) is 2.28. The Balaban J connectivity index is 1.48. The summed E-state index contributed by atoms with van der Waals surface area (Å²) in [7, 11) is 0. The van der Waals surface area contributed by atoms with Crippen molar-refractivity contribution in [1.29, 1.82) is 0 Å². The lowest BCUT2D eigenvalue weighted by molar-refractivity contribution is -0.00697. The first kappa shape index (κ1) is 15.8. The molecule has 1 aliphatic carbocycles. The smallest absolute Gasteiger partial charge is 0.272 e. The van der Waals surface area contributed by atoms with Gasteiger partial charge in [-0.05, 0) is 42.6 Å². The van der Waals surface area contributed by atoms with Crippen LogP contribution in [-0.4, -0.2) is 38.5 Å². The van der Waals surface area contributed by atoms with Crippen molar-refractivity contribution in [3.8, 4) is 0 Å². The van der Waals surface area contributed by atoms with Crippen molar-refractivity contribution in [2.45, 2.75) is 50.9 Å². The molecule has 128 valence electrons. The van der Waals surface area contributed by atoms with E-state index in [-0.39, 0.29) is 23.7 Å². The van der Waals surface area contributed by atoms with Gasteiger partial charge in [-0.15, -0.1) is 0 Å². The molecule has 1 amide bonds. The van der Waals surface area contributed by atoms with Crippen LogP contribution in [0, 0.1) is 0 Å². The zero-order valence-corrected chi connectivity index (χ0v) is 15.3. The molecular formula is C16H20BrN5O2. The van der Waals surface area contributed by atoms with Gasteiger partial charge in [-0.1, -0.05) is 0 Å². The van der Waals surface area contributed by atoms with Crippen LogP contribution >= 0.6 is 15.9 Å². The Hall–Kier alpha value is -1.67. The standard InChI is InChI=1S/C16H20BrN5O2/c1-9-5-12-13(10(2)24-9)20-21-14(12)15(23)18-8-16(3-4-16)22-7-11(17)6-19-22/h6-7,9-10H,3-5,8H2,1-2H3,(H,18,23)(H,20,21)/t9-,10+/m1/s1. The number of nitrogens with zero attached hydrogens (tertiary/aromatic N) is 3. The molecule has 2 aliphatic rings. The first-order chi connectivity index (χ1) is 11.5. The second-order valence-electron chi connectivity index (χ2n) is 6.77. The van der Waals surface area contributed by atoms with Gasteiger partial charge in [0.15, 0.2) is 5.69 Å². The predicted octanol–water partition coefficient (Wildman–Crippen LogP) is 2.31. The van der Waals surface area contributed by atoms with Gasteiger partial charge in [0.2, 0.25) is 0 Å². The first-order valence-electron chi connectivity index (χ1n) is 8.20. The summed E-state index contributed by atoms with van der Waals surface area (Å²) in [6.07, 6.45) is 6.49. The normalized spacial score (nSPS) is 24.5. The van der Waals surface area contributed by atoms with Crippen LogP contribution in [0.25, 0.3) is 0 Å². The summed E-state index contributed by atoms with van der Waals surface area (Å²) in [5.74, 6) is -0.133. The molecule has 3 heterocycles. The zero-order valence-electron chi connectivity index (χ0n) is 13.7. The van der Waals surface area contributed by atoms with E-state index in [9.17, 15) is 4.79 Å². The third-order valence-electron chi connectivity index (χ3n) is 4.89. The third-order valence-corrected chi connectivity index (χ3v) is 5.30. The van der Waals surface area contributed by atoms with E-state index in [1.807, 2.05) is 24.7 Å². The highest BCUT2D eigenvalue weighted by molar-refractivity contribution is 9.10. The van der Waals surface area contributed by atoms with Gasteiger partial charge in [-0.2, -0.15) is 10.2 Å². The van der Waals surface area contributed by atoms with Crippen molar-refractivity contribution < 1.29 is 9.53 Å². The quantitative estimate of drug-likeness (QED) is 0.834. The van der Waals surface area contributed by atoms with Crippen LogP contribution in [0.2, 0.25) is 0 Å². The number of hydrogen-bond donors (Lipinski definition) is 2. The Kier molecular flexibility index (Phi) is 3.76. The lowest BCUT2D eigenvalue weighted by Crippen LogP contribution is -2.36. The molecule has 0 spiro atoms. The molecule has 24 heavy (non-hydrogen) atoms. The monoisotopic (exact) mass is 393 g/mol. The SMILES string of the molecule is C[C@@H]1Cc2c(C(=O)NCC3(n4cc(Br)cn4)CC3)n[nH]c2[C@H](C)O1. The largest absolute Gasteiger partial charge is 0.369 e. The van der Waals surface area contributed by atoms with E-state index in [4.69, 9.17) is 4.74 Å². The second kappa shape index (κ2) is 5.70. The number of carbonyl (C=O) groups excluding carboxylic acids is 1. The molecule has 2 aromatic heterocycles. The number of ether oxygens (including phenoxy) is 1. The number of H-pyrrole nitrogens is 1. The maximum absolute atomic E-state index is 12.6. The van der Waals surface area contributed by atoms with Crippen LogP contribution < -0.4 is 5.32 Å². The molecule has 2 N–H and O–H groups in total. The Labute approximate surface area is 148 Å². The average molecular weight is 394 g/mol. The first-order valence-corrected chi connectivity index (χ1v) is 8.99. The van der Waals surface area contributed by atoms with E-state index < -0.39 is 0 Å². The Morgan fingerprint density at radius 3 is 3.00 bits per heavy atom. The number of halogens is 1.